The molecule has 118 valence electrons. The molecule has 6 nitrogen and oxygen atoms in total. The minimum absolute atomic E-state index is 0.163. The molecule has 2 heterocycles. The number of nitrogens with two attached hydrogens (primary N) is 1. The summed E-state index contributed by atoms with van der Waals surface area (Å²) in [5, 5.41) is 8.58. The molecule has 1 aromatic rings. The predicted octanol–water partition coefficient (Wildman–Crippen LogP) is 2.32. The van der Waals surface area contributed by atoms with Crippen LogP contribution in [0.3, 0.4) is 0 Å². The lowest BCUT2D eigenvalue weighted by Crippen LogP contribution is -2.37. The third-order valence-corrected chi connectivity index (χ3v) is 4.80. The Morgan fingerprint density at radius 1 is 1.14 bits per heavy atom. The summed E-state index contributed by atoms with van der Waals surface area (Å²) >= 11 is 1.45. The van der Waals surface area contributed by atoms with Crippen LogP contribution in [0.5, 0.6) is 0 Å². The second-order valence-corrected chi connectivity index (χ2v) is 7.11. The van der Waals surface area contributed by atoms with Gasteiger partial charge in [0.25, 0.3) is 0 Å². The molecule has 1 saturated heterocycles. The van der Waals surface area contributed by atoms with Gasteiger partial charge in [-0.05, 0) is 33.6 Å². The first-order chi connectivity index (χ1) is 10.0. The van der Waals surface area contributed by atoms with Crippen LogP contribution < -0.4 is 5.73 Å². The van der Waals surface area contributed by atoms with Gasteiger partial charge in [-0.1, -0.05) is 24.6 Å². The van der Waals surface area contributed by atoms with Crippen molar-refractivity contribution < 1.29 is 4.79 Å². The highest BCUT2D eigenvalue weighted by Crippen LogP contribution is 2.27. The van der Waals surface area contributed by atoms with Gasteiger partial charge in [0.2, 0.25) is 11.9 Å². The van der Waals surface area contributed by atoms with E-state index in [1.54, 1.807) is 0 Å². The van der Waals surface area contributed by atoms with E-state index in [0.29, 0.717) is 5.95 Å². The third kappa shape index (κ3) is 3.90. The summed E-state index contributed by atoms with van der Waals surface area (Å²) in [7, 11) is 0. The summed E-state index contributed by atoms with van der Waals surface area (Å²) in [5.41, 5.74) is 5.84. The van der Waals surface area contributed by atoms with Gasteiger partial charge in [-0.25, -0.2) is 0 Å². The molecule has 0 unspecified atom stereocenters. The van der Waals surface area contributed by atoms with Crippen LogP contribution >= 0.6 is 11.8 Å². The van der Waals surface area contributed by atoms with Crippen LogP contribution in [0.25, 0.3) is 0 Å². The molecule has 21 heavy (non-hydrogen) atoms. The van der Waals surface area contributed by atoms with Gasteiger partial charge < -0.3 is 10.6 Å². The van der Waals surface area contributed by atoms with Gasteiger partial charge in [-0.3, -0.25) is 9.36 Å². The summed E-state index contributed by atoms with van der Waals surface area (Å²) in [6, 6.07) is 0.183. The van der Waals surface area contributed by atoms with Crippen LogP contribution in [0.4, 0.5) is 5.95 Å². The molecule has 0 aromatic carbocycles. The summed E-state index contributed by atoms with van der Waals surface area (Å²) in [4.78, 5) is 14.5. The third-order valence-electron chi connectivity index (χ3n) is 3.75. The standard InChI is InChI=1S/C14H25N5OS/c1-10(2)19-13(15)16-17-14(19)21-11(3)12(20)18-8-6-4-5-7-9-18/h10-11H,4-9H2,1-3H3,(H2,15,16)/t11-/m0/s1. The average molecular weight is 311 g/mol. The summed E-state index contributed by atoms with van der Waals surface area (Å²) in [6.07, 6.45) is 4.67. The van der Waals surface area contributed by atoms with Crippen molar-refractivity contribution in [3.8, 4) is 0 Å². The van der Waals surface area contributed by atoms with E-state index in [1.807, 2.05) is 30.2 Å². The molecule has 0 bridgehead atoms. The molecular formula is C14H25N5OS. The number of carbonyl (C=O) groups excluding carboxylic acids is 1. The molecule has 1 atom stereocenters. The molecule has 0 spiro atoms. The number of aromatic nitrogens is 3. The van der Waals surface area contributed by atoms with Crippen molar-refractivity contribution in [2.45, 2.75) is 62.9 Å². The van der Waals surface area contributed by atoms with Crippen molar-refractivity contribution in [3.05, 3.63) is 0 Å². The lowest BCUT2D eigenvalue weighted by molar-refractivity contribution is -0.130. The van der Waals surface area contributed by atoms with Gasteiger partial charge in [0.1, 0.15) is 0 Å². The van der Waals surface area contributed by atoms with Crippen LogP contribution in [0.15, 0.2) is 5.16 Å². The Morgan fingerprint density at radius 2 is 1.76 bits per heavy atom. The topological polar surface area (TPSA) is 77.0 Å². The molecule has 1 amide bonds. The number of thioether (sulfide) groups is 1. The van der Waals surface area contributed by atoms with E-state index in [4.69, 9.17) is 5.73 Å². The van der Waals surface area contributed by atoms with Gasteiger partial charge in [0.05, 0.1) is 5.25 Å². The summed E-state index contributed by atoms with van der Waals surface area (Å²) < 4.78 is 1.87. The highest BCUT2D eigenvalue weighted by atomic mass is 32.2. The number of nitrogen functional groups attached to an aromatic ring is 1. The Balaban J connectivity index is 2.03. The van der Waals surface area contributed by atoms with E-state index in [0.717, 1.165) is 31.1 Å². The Kier molecular flexibility index (Phi) is 5.50. The van der Waals surface area contributed by atoms with Crippen LogP contribution in [-0.2, 0) is 4.79 Å². The van der Waals surface area contributed by atoms with Gasteiger partial charge in [-0.2, -0.15) is 0 Å². The molecule has 1 aliphatic heterocycles. The van der Waals surface area contributed by atoms with Crippen molar-refractivity contribution in [2.24, 2.45) is 0 Å². The first-order valence-corrected chi connectivity index (χ1v) is 8.54. The lowest BCUT2D eigenvalue weighted by atomic mass is 10.2. The number of hydrogen-bond donors (Lipinski definition) is 1. The molecule has 7 heteroatoms. The summed E-state index contributed by atoms with van der Waals surface area (Å²) in [6.45, 7) is 7.76. The van der Waals surface area contributed by atoms with E-state index in [2.05, 4.69) is 10.2 Å². The molecule has 1 aliphatic rings. The second-order valence-electron chi connectivity index (χ2n) is 5.80. The van der Waals surface area contributed by atoms with E-state index in [-0.39, 0.29) is 17.2 Å². The minimum atomic E-state index is -0.163. The van der Waals surface area contributed by atoms with Crippen LogP contribution in [0, 0.1) is 0 Å². The number of nitrogens with zero attached hydrogens (tertiary/aromatic N) is 4. The molecule has 0 radical (unpaired) electrons. The number of rotatable bonds is 4. The fourth-order valence-electron chi connectivity index (χ4n) is 2.61. The Bertz CT molecular complexity index is 480. The molecule has 2 rings (SSSR count). The van der Waals surface area contributed by atoms with Gasteiger partial charge in [0.15, 0.2) is 5.16 Å². The first-order valence-electron chi connectivity index (χ1n) is 7.66. The van der Waals surface area contributed by atoms with Crippen molar-refractivity contribution >= 4 is 23.6 Å². The lowest BCUT2D eigenvalue weighted by Gasteiger charge is -2.24. The summed E-state index contributed by atoms with van der Waals surface area (Å²) in [5.74, 6) is 0.598. The molecule has 1 fully saturated rings. The van der Waals surface area contributed by atoms with Crippen molar-refractivity contribution in [3.63, 3.8) is 0 Å². The fourth-order valence-corrected chi connectivity index (χ4v) is 3.68. The normalized spacial score (nSPS) is 17.8. The zero-order valence-electron chi connectivity index (χ0n) is 13.1. The zero-order valence-corrected chi connectivity index (χ0v) is 13.9. The number of hydrogen-bond acceptors (Lipinski definition) is 5. The highest BCUT2D eigenvalue weighted by Gasteiger charge is 2.25. The quantitative estimate of drug-likeness (QED) is 0.864. The molecule has 2 N–H and O–H groups in total. The maximum absolute atomic E-state index is 12.6. The second kappa shape index (κ2) is 7.15. The minimum Gasteiger partial charge on any atom is -0.368 e. The largest absolute Gasteiger partial charge is 0.368 e. The fraction of sp³-hybridized carbons (Fsp3) is 0.786. The molecule has 0 saturated carbocycles. The van der Waals surface area contributed by atoms with Crippen LogP contribution in [-0.4, -0.2) is 43.9 Å². The van der Waals surface area contributed by atoms with Crippen LogP contribution in [0.2, 0.25) is 0 Å². The first kappa shape index (κ1) is 16.1. The number of carbonyl (C=O) groups is 1. The Morgan fingerprint density at radius 3 is 2.33 bits per heavy atom. The van der Waals surface area contributed by atoms with E-state index in [9.17, 15) is 4.79 Å². The number of likely N-dealkylation sites (tertiary alicyclic amines) is 1. The molecular weight excluding hydrogens is 286 g/mol. The zero-order chi connectivity index (χ0) is 15.4. The monoisotopic (exact) mass is 311 g/mol. The molecule has 1 aromatic heterocycles. The molecule has 0 aliphatic carbocycles. The van der Waals surface area contributed by atoms with Gasteiger partial charge in [-0.15, -0.1) is 10.2 Å². The highest BCUT2D eigenvalue weighted by molar-refractivity contribution is 8.00. The Labute approximate surface area is 130 Å². The smallest absolute Gasteiger partial charge is 0.235 e. The van der Waals surface area contributed by atoms with E-state index >= 15 is 0 Å². The Hall–Kier alpha value is -1.24. The van der Waals surface area contributed by atoms with E-state index in [1.165, 1.54) is 24.6 Å². The maximum atomic E-state index is 12.6. The van der Waals surface area contributed by atoms with Crippen molar-refractivity contribution in [1.29, 1.82) is 0 Å². The van der Waals surface area contributed by atoms with Gasteiger partial charge in [0, 0.05) is 19.1 Å². The van der Waals surface area contributed by atoms with Gasteiger partial charge >= 0.3 is 0 Å². The van der Waals surface area contributed by atoms with Crippen LogP contribution in [0.1, 0.15) is 52.5 Å². The predicted molar refractivity (Wildman–Crippen MR) is 85.2 cm³/mol. The van der Waals surface area contributed by atoms with Crippen molar-refractivity contribution in [2.75, 3.05) is 18.8 Å². The van der Waals surface area contributed by atoms with Crippen molar-refractivity contribution in [1.82, 2.24) is 19.7 Å². The number of amides is 1. The number of anilines is 1. The SMILES string of the molecule is CC(C)n1c(N)nnc1S[C@@H](C)C(=O)N1CCCCCC1. The van der Waals surface area contributed by atoms with E-state index < -0.39 is 0 Å². The maximum Gasteiger partial charge on any atom is 0.235 e. The average Bonchev–Trinajstić information content (AvgIpc) is 2.66.